The number of fused-ring (bicyclic) bond motifs is 2. The van der Waals surface area contributed by atoms with E-state index >= 15 is 0 Å². The molecule has 4 aromatic rings. The molecule has 2 aromatic heterocycles. The lowest BCUT2D eigenvalue weighted by Gasteiger charge is -2.30. The first-order chi connectivity index (χ1) is 19.4. The first-order valence-corrected chi connectivity index (χ1v) is 13.7. The highest BCUT2D eigenvalue weighted by Crippen LogP contribution is 2.40. The third-order valence-electron chi connectivity index (χ3n) is 7.74. The highest BCUT2D eigenvalue weighted by molar-refractivity contribution is 5.83. The number of carbonyl (C=O) groups is 2. The van der Waals surface area contributed by atoms with Crippen molar-refractivity contribution in [3.05, 3.63) is 65.7 Å². The number of pyridine rings is 1. The Kier molecular flexibility index (Phi) is 11.2. The van der Waals surface area contributed by atoms with Crippen LogP contribution < -0.4 is 5.32 Å². The maximum Gasteiger partial charge on any atom is 0.290 e. The molecule has 5 rings (SSSR count). The maximum atomic E-state index is 11.6. The van der Waals surface area contributed by atoms with Crippen LogP contribution in [0.5, 0.6) is 5.75 Å². The van der Waals surface area contributed by atoms with Crippen molar-refractivity contribution in [2.75, 3.05) is 7.05 Å². The van der Waals surface area contributed by atoms with E-state index in [2.05, 4.69) is 28.7 Å². The number of aliphatic hydroxyl groups is 1. The largest absolute Gasteiger partial charge is 0.508 e. The summed E-state index contributed by atoms with van der Waals surface area (Å²) in [5, 5.41) is 34.7. The first-order valence-electron chi connectivity index (χ1n) is 13.7. The molecule has 2 heterocycles. The number of aryl methyl sites for hydroxylation is 1. The molecule has 214 valence electrons. The second kappa shape index (κ2) is 14.5. The quantitative estimate of drug-likeness (QED) is 0.232. The van der Waals surface area contributed by atoms with Crippen molar-refractivity contribution in [1.82, 2.24) is 19.9 Å². The summed E-state index contributed by atoms with van der Waals surface area (Å²) in [6, 6.07) is 14.4. The molecule has 4 N–H and O–H groups in total. The van der Waals surface area contributed by atoms with Crippen molar-refractivity contribution in [2.45, 2.75) is 70.6 Å². The van der Waals surface area contributed by atoms with Crippen molar-refractivity contribution in [2.24, 2.45) is 5.92 Å². The van der Waals surface area contributed by atoms with E-state index < -0.39 is 6.10 Å². The lowest BCUT2D eigenvalue weighted by Crippen LogP contribution is -2.21. The zero-order valence-corrected chi connectivity index (χ0v) is 23.5. The van der Waals surface area contributed by atoms with E-state index in [1.54, 1.807) is 6.07 Å². The molecule has 40 heavy (non-hydrogen) atoms. The number of rotatable bonds is 7. The highest BCUT2D eigenvalue weighted by atomic mass is 16.3. The van der Waals surface area contributed by atoms with Crippen LogP contribution in [0.4, 0.5) is 0 Å². The Hall–Kier alpha value is -3.82. The van der Waals surface area contributed by atoms with Crippen molar-refractivity contribution >= 4 is 35.1 Å². The van der Waals surface area contributed by atoms with E-state index in [4.69, 9.17) is 19.7 Å². The smallest absolute Gasteiger partial charge is 0.290 e. The predicted molar refractivity (Wildman–Crippen MR) is 157 cm³/mol. The molecule has 0 amide bonds. The average Bonchev–Trinajstić information content (AvgIpc) is 3.37. The van der Waals surface area contributed by atoms with Gasteiger partial charge in [0.15, 0.2) is 6.10 Å². The molecule has 0 saturated heterocycles. The molecule has 1 saturated carbocycles. The summed E-state index contributed by atoms with van der Waals surface area (Å²) in [5.74, 6) is 1.52. The number of hydrogen-bond acceptors (Lipinski definition) is 7. The third kappa shape index (κ3) is 6.84. The normalized spacial score (nSPS) is 18.2. The highest BCUT2D eigenvalue weighted by Gasteiger charge is 2.30. The second-order valence-electron chi connectivity index (χ2n) is 10.4. The number of carbonyl (C=O) groups excluding carboxylic acids is 1. The van der Waals surface area contributed by atoms with Crippen molar-refractivity contribution < 1.29 is 24.9 Å². The van der Waals surface area contributed by atoms with Gasteiger partial charge in [0.05, 0.1) is 16.7 Å². The van der Waals surface area contributed by atoms with Gasteiger partial charge in [0.2, 0.25) is 0 Å². The summed E-state index contributed by atoms with van der Waals surface area (Å²) < 4.78 is 2.25. The summed E-state index contributed by atoms with van der Waals surface area (Å²) in [4.78, 5) is 26.0. The van der Waals surface area contributed by atoms with Gasteiger partial charge in [-0.3, -0.25) is 9.78 Å². The number of carboxylic acid groups (broad SMARTS) is 1. The predicted octanol–water partition coefficient (Wildman–Crippen LogP) is 5.18. The van der Waals surface area contributed by atoms with Gasteiger partial charge in [-0.25, -0.2) is 4.98 Å². The fraction of sp³-hybridized carbons (Fsp3) is 0.419. The molecule has 9 heteroatoms. The van der Waals surface area contributed by atoms with Crippen LogP contribution in [0.25, 0.3) is 21.8 Å². The molecular formula is C31H40N4O5. The number of nitrogens with one attached hydrogen (secondary N) is 1. The fourth-order valence-electron chi connectivity index (χ4n) is 5.57. The zero-order valence-electron chi connectivity index (χ0n) is 23.5. The van der Waals surface area contributed by atoms with Crippen LogP contribution in [0.2, 0.25) is 0 Å². The van der Waals surface area contributed by atoms with Gasteiger partial charge in [0.1, 0.15) is 18.4 Å². The van der Waals surface area contributed by atoms with Crippen LogP contribution in [0.1, 0.15) is 75.2 Å². The lowest BCUT2D eigenvalue weighted by molar-refractivity contribution is -0.122. The summed E-state index contributed by atoms with van der Waals surface area (Å²) in [7, 11) is 1.95. The minimum absolute atomic E-state index is 0.250. The second-order valence-corrected chi connectivity index (χ2v) is 10.4. The van der Waals surface area contributed by atoms with E-state index in [9.17, 15) is 10.2 Å². The van der Waals surface area contributed by atoms with Gasteiger partial charge in [-0.1, -0.05) is 44.0 Å². The first kappa shape index (κ1) is 30.7. The molecule has 4 unspecified atom stereocenters. The van der Waals surface area contributed by atoms with Gasteiger partial charge in [0, 0.05) is 29.2 Å². The Balaban J connectivity index is 0.000000827. The summed E-state index contributed by atoms with van der Waals surface area (Å²) >= 11 is 0. The fourth-order valence-corrected chi connectivity index (χ4v) is 5.57. The van der Waals surface area contributed by atoms with Crippen molar-refractivity contribution in [3.8, 4) is 5.75 Å². The van der Waals surface area contributed by atoms with E-state index in [-0.39, 0.29) is 18.3 Å². The van der Waals surface area contributed by atoms with Crippen LogP contribution >= 0.6 is 0 Å². The third-order valence-corrected chi connectivity index (χ3v) is 7.74. The Morgan fingerprint density at radius 3 is 2.55 bits per heavy atom. The van der Waals surface area contributed by atoms with E-state index in [0.29, 0.717) is 29.9 Å². The number of benzene rings is 2. The number of phenols is 1. The molecule has 4 atom stereocenters. The number of imidazole rings is 1. The van der Waals surface area contributed by atoms with Gasteiger partial charge in [-0.2, -0.15) is 0 Å². The van der Waals surface area contributed by atoms with Gasteiger partial charge >= 0.3 is 0 Å². The van der Waals surface area contributed by atoms with E-state index in [1.807, 2.05) is 56.4 Å². The van der Waals surface area contributed by atoms with Gasteiger partial charge in [0.25, 0.3) is 6.47 Å². The maximum absolute atomic E-state index is 11.6. The molecule has 1 fully saturated rings. The van der Waals surface area contributed by atoms with Crippen LogP contribution in [0.15, 0.2) is 48.7 Å². The Morgan fingerprint density at radius 2 is 1.88 bits per heavy atom. The summed E-state index contributed by atoms with van der Waals surface area (Å²) in [6.45, 7) is 6.20. The minimum Gasteiger partial charge on any atom is -0.508 e. The number of phenolic OH excluding ortho intramolecular Hbond substituents is 1. The van der Waals surface area contributed by atoms with Crippen LogP contribution in [-0.2, 0) is 16.0 Å². The number of aromatic hydroxyl groups is 1. The van der Waals surface area contributed by atoms with Gasteiger partial charge in [-0.15, -0.1) is 0 Å². The van der Waals surface area contributed by atoms with Gasteiger partial charge in [-0.05, 0) is 69.2 Å². The SMILES string of the molecule is C=O.CNC(C)CCc1c(O)ccc2c1nc(C(O)c1cc3ccccc3cn1)n2C1CCCC(C)C1.O=CO. The number of aliphatic hydroxyl groups excluding tert-OH is 1. The summed E-state index contributed by atoms with van der Waals surface area (Å²) in [6.07, 6.45) is 7.00. The van der Waals surface area contributed by atoms with Crippen LogP contribution in [0, 0.1) is 5.92 Å². The molecule has 0 aliphatic heterocycles. The topological polar surface area (TPSA) is 138 Å². The molecule has 1 aliphatic carbocycles. The lowest BCUT2D eigenvalue weighted by atomic mass is 9.86. The Labute approximate surface area is 234 Å². The van der Waals surface area contributed by atoms with E-state index in [0.717, 1.165) is 46.6 Å². The number of nitrogens with zero attached hydrogens (tertiary/aromatic N) is 3. The molecular weight excluding hydrogens is 508 g/mol. The standard InChI is InChI=1S/C29H36N4O2.CH2O2.CH2O/c1-18-7-6-10-22(15-18)33-25-13-14-26(34)23(12-11-19(2)30-3)27(25)32-29(33)28(35)24-16-20-8-4-5-9-21(20)17-31-24;2-1-3;1-2/h4-5,8-9,13-14,16-19,22,28,30,34-35H,6-7,10-12,15H2,1-3H3;1H,(H,2,3);1H2. The van der Waals surface area contributed by atoms with Crippen molar-refractivity contribution in [3.63, 3.8) is 0 Å². The monoisotopic (exact) mass is 548 g/mol. The molecule has 9 nitrogen and oxygen atoms in total. The molecule has 2 aromatic carbocycles. The van der Waals surface area contributed by atoms with Crippen LogP contribution in [0.3, 0.4) is 0 Å². The van der Waals surface area contributed by atoms with Crippen LogP contribution in [-0.4, -0.2) is 56.2 Å². The Morgan fingerprint density at radius 1 is 1.18 bits per heavy atom. The molecule has 0 bridgehead atoms. The van der Waals surface area contributed by atoms with Gasteiger partial charge < -0.3 is 30.0 Å². The summed E-state index contributed by atoms with van der Waals surface area (Å²) in [5.41, 5.74) is 3.23. The zero-order chi connectivity index (χ0) is 29.2. The molecule has 0 radical (unpaired) electrons. The molecule has 1 aliphatic rings. The molecule has 0 spiro atoms. The Bertz CT molecular complexity index is 1410. The number of hydrogen-bond donors (Lipinski definition) is 4. The average molecular weight is 549 g/mol. The van der Waals surface area contributed by atoms with E-state index in [1.165, 1.54) is 12.8 Å². The van der Waals surface area contributed by atoms with Crippen molar-refractivity contribution in [1.29, 1.82) is 0 Å². The number of aromatic nitrogens is 3. The minimum atomic E-state index is -0.949.